The van der Waals surface area contributed by atoms with Crippen molar-refractivity contribution in [2.24, 2.45) is 7.05 Å². The van der Waals surface area contributed by atoms with Crippen LogP contribution in [0.1, 0.15) is 19.8 Å². The van der Waals surface area contributed by atoms with Crippen LogP contribution in [0.3, 0.4) is 0 Å². The minimum Gasteiger partial charge on any atom is -0.338 e. The summed E-state index contributed by atoms with van der Waals surface area (Å²) < 4.78 is 2.92. The Balaban J connectivity index is 2.06. The van der Waals surface area contributed by atoms with Crippen LogP contribution in [0.5, 0.6) is 0 Å². The number of nitrogens with zero attached hydrogens (tertiary/aromatic N) is 3. The molecule has 0 aromatic carbocycles. The Hall–Kier alpha value is -1.52. The first-order valence-corrected chi connectivity index (χ1v) is 5.64. The molecule has 1 fully saturated rings. The molecule has 88 valence electrons. The summed E-state index contributed by atoms with van der Waals surface area (Å²) in [5.41, 5.74) is -0.139. The highest BCUT2D eigenvalue weighted by atomic mass is 16.2. The maximum Gasteiger partial charge on any atom is 0.328 e. The van der Waals surface area contributed by atoms with Gasteiger partial charge in [0, 0.05) is 32.0 Å². The number of aryl methyl sites for hydroxylation is 1. The van der Waals surface area contributed by atoms with Crippen molar-refractivity contribution in [3.63, 3.8) is 0 Å². The zero-order valence-electron chi connectivity index (χ0n) is 9.72. The van der Waals surface area contributed by atoms with E-state index in [0.29, 0.717) is 6.04 Å². The second-order valence-electron chi connectivity index (χ2n) is 4.23. The third-order valence-electron chi connectivity index (χ3n) is 2.97. The summed E-state index contributed by atoms with van der Waals surface area (Å²) in [5.74, 6) is 0.0401. The van der Waals surface area contributed by atoms with Crippen molar-refractivity contribution in [1.29, 1.82) is 0 Å². The molecular weight excluding hydrogens is 206 g/mol. The van der Waals surface area contributed by atoms with E-state index in [0.717, 1.165) is 19.4 Å². The Kier molecular flexibility index (Phi) is 2.85. The fourth-order valence-electron chi connectivity index (χ4n) is 1.89. The van der Waals surface area contributed by atoms with Crippen LogP contribution in [0.25, 0.3) is 0 Å². The average molecular weight is 223 g/mol. The summed E-state index contributed by atoms with van der Waals surface area (Å²) in [7, 11) is 1.68. The smallest absolute Gasteiger partial charge is 0.328 e. The highest BCUT2D eigenvalue weighted by molar-refractivity contribution is 5.76. The number of likely N-dealkylation sites (N-methyl/N-ethyl adjacent to an activating group) is 1. The molecule has 5 nitrogen and oxygen atoms in total. The Morgan fingerprint density at radius 2 is 2.19 bits per heavy atom. The van der Waals surface area contributed by atoms with Crippen molar-refractivity contribution in [1.82, 2.24) is 14.0 Å². The van der Waals surface area contributed by atoms with E-state index >= 15 is 0 Å². The summed E-state index contributed by atoms with van der Waals surface area (Å²) >= 11 is 0. The van der Waals surface area contributed by atoms with Crippen LogP contribution >= 0.6 is 0 Å². The number of hydrogen-bond donors (Lipinski definition) is 0. The molecule has 1 saturated carbocycles. The molecule has 0 atom stereocenters. The summed E-state index contributed by atoms with van der Waals surface area (Å²) in [5, 5.41) is 0. The molecule has 0 spiro atoms. The topological polar surface area (TPSA) is 47.2 Å². The third kappa shape index (κ3) is 2.03. The fraction of sp³-hybridized carbons (Fsp3) is 0.636. The van der Waals surface area contributed by atoms with Crippen molar-refractivity contribution in [3.05, 3.63) is 22.9 Å². The van der Waals surface area contributed by atoms with E-state index in [2.05, 4.69) is 0 Å². The summed E-state index contributed by atoms with van der Waals surface area (Å²) in [6.07, 6.45) is 5.52. The van der Waals surface area contributed by atoms with Gasteiger partial charge in [-0.3, -0.25) is 9.36 Å². The monoisotopic (exact) mass is 223 g/mol. The number of hydrogen-bond acceptors (Lipinski definition) is 2. The van der Waals surface area contributed by atoms with Crippen LogP contribution in [0, 0.1) is 0 Å². The molecule has 1 aromatic rings. The van der Waals surface area contributed by atoms with E-state index in [1.54, 1.807) is 19.4 Å². The predicted molar refractivity (Wildman–Crippen MR) is 60.1 cm³/mol. The molecular formula is C11H17N3O2. The lowest BCUT2D eigenvalue weighted by atomic mass is 10.4. The lowest BCUT2D eigenvalue weighted by molar-refractivity contribution is -0.132. The van der Waals surface area contributed by atoms with E-state index in [4.69, 9.17) is 0 Å². The lowest BCUT2D eigenvalue weighted by Crippen LogP contribution is -2.37. The first-order chi connectivity index (χ1) is 7.63. The number of aromatic nitrogens is 2. The number of imidazole rings is 1. The van der Waals surface area contributed by atoms with Crippen LogP contribution in [0.15, 0.2) is 17.2 Å². The van der Waals surface area contributed by atoms with Crippen molar-refractivity contribution < 1.29 is 4.79 Å². The zero-order valence-corrected chi connectivity index (χ0v) is 9.72. The van der Waals surface area contributed by atoms with Gasteiger partial charge in [-0.25, -0.2) is 4.79 Å². The largest absolute Gasteiger partial charge is 0.338 e. The Bertz CT molecular complexity index is 442. The van der Waals surface area contributed by atoms with Crippen LogP contribution < -0.4 is 5.69 Å². The van der Waals surface area contributed by atoms with Crippen molar-refractivity contribution in [3.8, 4) is 0 Å². The van der Waals surface area contributed by atoms with Crippen LogP contribution in [0.2, 0.25) is 0 Å². The van der Waals surface area contributed by atoms with Crippen LogP contribution in [-0.2, 0) is 18.4 Å². The molecule has 16 heavy (non-hydrogen) atoms. The van der Waals surface area contributed by atoms with E-state index in [1.165, 1.54) is 9.13 Å². The molecule has 2 rings (SSSR count). The Morgan fingerprint density at radius 1 is 1.50 bits per heavy atom. The van der Waals surface area contributed by atoms with Crippen molar-refractivity contribution >= 4 is 5.91 Å². The Labute approximate surface area is 94.3 Å². The number of amides is 1. The molecule has 0 saturated heterocycles. The van der Waals surface area contributed by atoms with Crippen LogP contribution in [0.4, 0.5) is 0 Å². The van der Waals surface area contributed by atoms with Gasteiger partial charge in [0.05, 0.1) is 0 Å². The van der Waals surface area contributed by atoms with Gasteiger partial charge in [-0.1, -0.05) is 0 Å². The molecule has 1 aliphatic carbocycles. The molecule has 1 aromatic heterocycles. The normalized spacial score (nSPS) is 15.1. The maximum absolute atomic E-state index is 11.9. The molecule has 0 aliphatic heterocycles. The molecule has 0 bridgehead atoms. The standard InChI is InChI=1S/C11H17N3O2/c1-3-14(9-4-5-9)10(15)8-13-7-6-12(2)11(13)16/h6-7,9H,3-5,8H2,1-2H3. The molecule has 0 radical (unpaired) electrons. The van der Waals surface area contributed by atoms with E-state index in [1.807, 2.05) is 11.8 Å². The van der Waals surface area contributed by atoms with Gasteiger partial charge in [0.25, 0.3) is 0 Å². The van der Waals surface area contributed by atoms with Gasteiger partial charge in [0.2, 0.25) is 5.91 Å². The summed E-state index contributed by atoms with van der Waals surface area (Å²) in [6.45, 7) is 2.86. The van der Waals surface area contributed by atoms with Crippen molar-refractivity contribution in [2.75, 3.05) is 6.54 Å². The van der Waals surface area contributed by atoms with Gasteiger partial charge in [-0.2, -0.15) is 0 Å². The van der Waals surface area contributed by atoms with E-state index in [9.17, 15) is 9.59 Å². The minimum atomic E-state index is -0.139. The minimum absolute atomic E-state index is 0.0401. The highest BCUT2D eigenvalue weighted by Crippen LogP contribution is 2.26. The van der Waals surface area contributed by atoms with Crippen LogP contribution in [-0.4, -0.2) is 32.5 Å². The van der Waals surface area contributed by atoms with Crippen molar-refractivity contribution in [2.45, 2.75) is 32.4 Å². The fourth-order valence-corrected chi connectivity index (χ4v) is 1.89. The maximum atomic E-state index is 11.9. The van der Waals surface area contributed by atoms with E-state index < -0.39 is 0 Å². The molecule has 0 N–H and O–H groups in total. The number of rotatable bonds is 4. The zero-order chi connectivity index (χ0) is 11.7. The lowest BCUT2D eigenvalue weighted by Gasteiger charge is -2.20. The molecule has 1 heterocycles. The Morgan fingerprint density at radius 3 is 2.62 bits per heavy atom. The molecule has 1 aliphatic rings. The SMILES string of the molecule is CCN(C(=O)Cn1ccn(C)c1=O)C1CC1. The summed E-state index contributed by atoms with van der Waals surface area (Å²) in [6, 6.07) is 0.414. The number of carbonyl (C=O) groups is 1. The first-order valence-electron chi connectivity index (χ1n) is 5.64. The first kappa shape index (κ1) is 11.0. The molecule has 0 unspecified atom stereocenters. The number of carbonyl (C=O) groups excluding carboxylic acids is 1. The van der Waals surface area contributed by atoms with Gasteiger partial charge in [0.15, 0.2) is 0 Å². The van der Waals surface area contributed by atoms with Gasteiger partial charge < -0.3 is 9.47 Å². The van der Waals surface area contributed by atoms with Gasteiger partial charge >= 0.3 is 5.69 Å². The average Bonchev–Trinajstić information content (AvgIpc) is 3.03. The molecule has 5 heteroatoms. The van der Waals surface area contributed by atoms with Gasteiger partial charge in [0.1, 0.15) is 6.54 Å². The van der Waals surface area contributed by atoms with Gasteiger partial charge in [-0.15, -0.1) is 0 Å². The van der Waals surface area contributed by atoms with E-state index in [-0.39, 0.29) is 18.1 Å². The predicted octanol–water partition coefficient (Wildman–Crippen LogP) is 0.198. The van der Waals surface area contributed by atoms with Gasteiger partial charge in [-0.05, 0) is 19.8 Å². The molecule has 1 amide bonds. The second-order valence-corrected chi connectivity index (χ2v) is 4.23. The highest BCUT2D eigenvalue weighted by Gasteiger charge is 2.31. The quantitative estimate of drug-likeness (QED) is 0.732. The summed E-state index contributed by atoms with van der Waals surface area (Å²) in [4.78, 5) is 25.4. The third-order valence-corrected chi connectivity index (χ3v) is 2.97. The second kappa shape index (κ2) is 4.15.